The van der Waals surface area contributed by atoms with Gasteiger partial charge in [-0.2, -0.15) is 0 Å². The molecule has 0 radical (unpaired) electrons. The van der Waals surface area contributed by atoms with Crippen molar-refractivity contribution in [2.75, 3.05) is 21.2 Å². The number of aromatic hydroxyl groups is 1. The average Bonchev–Trinajstić information content (AvgIpc) is 3.29. The number of phenolic OH excluding ortho intramolecular Hbond substituents is 1. The summed E-state index contributed by atoms with van der Waals surface area (Å²) in [5, 5.41) is 12.8. The molecule has 14 nitrogen and oxygen atoms in total. The highest BCUT2D eigenvalue weighted by Crippen LogP contribution is 2.21. The van der Waals surface area contributed by atoms with E-state index in [-0.39, 0.29) is 30.6 Å². The quantitative estimate of drug-likeness (QED) is 0.0601. The van der Waals surface area contributed by atoms with Crippen LogP contribution in [0.1, 0.15) is 53.1 Å². The fraction of sp³-hybridized carbons (Fsp3) is 0.265. The molecule has 63 heavy (non-hydrogen) atoms. The number of hydrogen-bond donors (Lipinski definition) is 4. The van der Waals surface area contributed by atoms with E-state index in [4.69, 9.17) is 9.47 Å². The molecule has 0 bridgehead atoms. The molecule has 0 saturated carbocycles. The number of amides is 3. The van der Waals surface area contributed by atoms with Crippen LogP contribution in [0.2, 0.25) is 0 Å². The number of rotatable bonds is 20. The summed E-state index contributed by atoms with van der Waals surface area (Å²) in [4.78, 5) is 88.2. The van der Waals surface area contributed by atoms with E-state index in [1.807, 2.05) is 36.4 Å². The summed E-state index contributed by atoms with van der Waals surface area (Å²) in [6, 6.07) is 26.3. The number of hydrogen-bond acceptors (Lipinski definition) is 9. The van der Waals surface area contributed by atoms with E-state index in [1.165, 1.54) is 49.2 Å². The number of aromatic amines is 2. The minimum Gasteiger partial charge on any atom is -0.508 e. The molecule has 1 heterocycles. The molecule has 5 rings (SSSR count). The lowest BCUT2D eigenvalue weighted by atomic mass is 9.99. The van der Waals surface area contributed by atoms with Gasteiger partial charge >= 0.3 is 11.7 Å². The van der Waals surface area contributed by atoms with Gasteiger partial charge in [0.25, 0.3) is 5.56 Å². The molecule has 0 fully saturated rings. The van der Waals surface area contributed by atoms with E-state index in [0.29, 0.717) is 22.4 Å². The number of unbranched alkanes of at least 4 members (excludes halogenated alkanes) is 1. The second-order valence-electron chi connectivity index (χ2n) is 15.0. The SMILES string of the molecule is CCC/C=C\c1ccccc1/C=C/C(=O)N[C@H](Cc1ccc(O)cc1)C(=O)N(C)[C@@H](Cc1ccc(OC)cc1)C(=O)N(C)[C@@H](Cc1ccccc1)C(=O)OCc1c[nH]c(=O)[nH]c1=O. The van der Waals surface area contributed by atoms with Crippen molar-refractivity contribution in [2.45, 2.75) is 63.8 Å². The number of nitrogens with zero attached hydrogens (tertiary/aromatic N) is 2. The molecule has 0 aliphatic heterocycles. The Morgan fingerprint density at radius 1 is 0.746 bits per heavy atom. The first kappa shape index (κ1) is 46.6. The van der Waals surface area contributed by atoms with E-state index in [1.54, 1.807) is 66.7 Å². The van der Waals surface area contributed by atoms with Crippen molar-refractivity contribution in [3.05, 3.63) is 176 Å². The standard InChI is InChI=1S/C49H53N5O9/c1-5-6-8-15-36-16-11-12-17-37(36)22-27-44(56)51-41(28-34-18-23-39(55)24-19-34)46(58)53(2)42(29-35-20-25-40(62-4)26-21-35)47(59)54(3)43(30-33-13-9-7-10-14-33)48(60)63-32-38-31-50-49(61)52-45(38)57/h7-27,31,41-43,55H,5-6,28-30,32H2,1-4H3,(H,51,56)(H2,50,52,57,61)/b15-8-,27-22+/t41-,42+,43+/m1/s1. The lowest BCUT2D eigenvalue weighted by Crippen LogP contribution is -2.58. The zero-order chi connectivity index (χ0) is 45.3. The lowest BCUT2D eigenvalue weighted by Gasteiger charge is -2.35. The van der Waals surface area contributed by atoms with Crippen LogP contribution in [0.5, 0.6) is 11.5 Å². The smallest absolute Gasteiger partial charge is 0.329 e. The number of carbonyl (C=O) groups excluding carboxylic acids is 4. The molecule has 5 aromatic rings. The number of aromatic nitrogens is 2. The van der Waals surface area contributed by atoms with Crippen molar-refractivity contribution in [1.82, 2.24) is 25.1 Å². The van der Waals surface area contributed by atoms with Crippen LogP contribution in [0, 0.1) is 0 Å². The maximum Gasteiger partial charge on any atom is 0.329 e. The number of ether oxygens (including phenoxy) is 2. The average molecular weight is 856 g/mol. The van der Waals surface area contributed by atoms with Gasteiger partial charge < -0.3 is 34.7 Å². The molecule has 0 aliphatic rings. The van der Waals surface area contributed by atoms with Crippen LogP contribution in [0.15, 0.2) is 131 Å². The number of methoxy groups -OCH3 is 1. The number of phenols is 1. The molecule has 328 valence electrons. The maximum atomic E-state index is 14.9. The van der Waals surface area contributed by atoms with Crippen molar-refractivity contribution in [3.63, 3.8) is 0 Å². The Morgan fingerprint density at radius 3 is 1.98 bits per heavy atom. The Labute approximate surface area is 365 Å². The van der Waals surface area contributed by atoms with Crippen molar-refractivity contribution in [1.29, 1.82) is 0 Å². The monoisotopic (exact) mass is 855 g/mol. The third kappa shape index (κ3) is 13.5. The topological polar surface area (TPSA) is 191 Å². The Hall–Kier alpha value is -7.48. The minimum atomic E-state index is -1.22. The van der Waals surface area contributed by atoms with Gasteiger partial charge in [-0.05, 0) is 64.6 Å². The fourth-order valence-corrected chi connectivity index (χ4v) is 6.81. The first-order valence-electron chi connectivity index (χ1n) is 20.6. The highest BCUT2D eigenvalue weighted by Gasteiger charge is 2.38. The summed E-state index contributed by atoms with van der Waals surface area (Å²) < 4.78 is 10.9. The Morgan fingerprint density at radius 2 is 1.33 bits per heavy atom. The second kappa shape index (κ2) is 22.9. The predicted octanol–water partition coefficient (Wildman–Crippen LogP) is 5.21. The van der Waals surface area contributed by atoms with E-state index >= 15 is 0 Å². The van der Waals surface area contributed by atoms with E-state index in [2.05, 4.69) is 28.3 Å². The van der Waals surface area contributed by atoms with Crippen molar-refractivity contribution in [3.8, 4) is 11.5 Å². The van der Waals surface area contributed by atoms with Gasteiger partial charge in [-0.25, -0.2) is 9.59 Å². The van der Waals surface area contributed by atoms with Crippen molar-refractivity contribution >= 4 is 35.8 Å². The first-order chi connectivity index (χ1) is 30.4. The summed E-state index contributed by atoms with van der Waals surface area (Å²) in [6.07, 6.45) is 10.2. The molecule has 0 saturated heterocycles. The number of benzene rings is 4. The van der Waals surface area contributed by atoms with E-state index in [0.717, 1.165) is 30.2 Å². The molecular formula is C49H53N5O9. The third-order valence-corrected chi connectivity index (χ3v) is 10.5. The van der Waals surface area contributed by atoms with E-state index in [9.17, 15) is 33.9 Å². The Kier molecular flexibility index (Phi) is 17.0. The molecule has 4 N–H and O–H groups in total. The molecule has 0 unspecified atom stereocenters. The van der Waals surface area contributed by atoms with Gasteiger partial charge in [0.1, 0.15) is 36.2 Å². The van der Waals surface area contributed by atoms with E-state index < -0.39 is 59.7 Å². The molecule has 3 amide bonds. The minimum absolute atomic E-state index is 0.0113. The number of H-pyrrole nitrogens is 2. The number of likely N-dealkylation sites (N-methyl/N-ethyl adjacent to an activating group) is 2. The number of nitrogens with one attached hydrogen (secondary N) is 3. The largest absolute Gasteiger partial charge is 0.508 e. The fourth-order valence-electron chi connectivity index (χ4n) is 6.81. The maximum absolute atomic E-state index is 14.9. The van der Waals surface area contributed by atoms with Crippen LogP contribution in [0.25, 0.3) is 12.2 Å². The van der Waals surface area contributed by atoms with Crippen LogP contribution in [0.3, 0.4) is 0 Å². The number of carbonyl (C=O) groups is 4. The van der Waals surface area contributed by atoms with Crippen molar-refractivity contribution < 1.29 is 33.8 Å². The number of allylic oxidation sites excluding steroid dienone is 1. The van der Waals surface area contributed by atoms with Gasteiger partial charge in [0.15, 0.2) is 0 Å². The summed E-state index contributed by atoms with van der Waals surface area (Å²) in [5.41, 5.74) is 2.29. The molecular weight excluding hydrogens is 803 g/mol. The zero-order valence-electron chi connectivity index (χ0n) is 35.8. The second-order valence-corrected chi connectivity index (χ2v) is 15.0. The van der Waals surface area contributed by atoms with Gasteiger partial charge in [-0.15, -0.1) is 0 Å². The molecule has 0 aliphatic carbocycles. The van der Waals surface area contributed by atoms with Crippen molar-refractivity contribution in [2.24, 2.45) is 0 Å². The molecule has 1 aromatic heterocycles. The highest BCUT2D eigenvalue weighted by molar-refractivity contribution is 5.97. The van der Waals surface area contributed by atoms with Gasteiger partial charge in [0.05, 0.1) is 12.7 Å². The molecule has 4 aromatic carbocycles. The molecule has 3 atom stereocenters. The van der Waals surface area contributed by atoms with Crippen LogP contribution < -0.4 is 21.3 Å². The summed E-state index contributed by atoms with van der Waals surface area (Å²) in [7, 11) is 4.45. The normalized spacial score (nSPS) is 12.6. The zero-order valence-corrected chi connectivity index (χ0v) is 35.8. The van der Waals surface area contributed by atoms with Crippen LogP contribution in [-0.4, -0.2) is 87.9 Å². The van der Waals surface area contributed by atoms with Crippen LogP contribution >= 0.6 is 0 Å². The summed E-state index contributed by atoms with van der Waals surface area (Å²) in [6.45, 7) is 1.60. The predicted molar refractivity (Wildman–Crippen MR) is 241 cm³/mol. The first-order valence-corrected chi connectivity index (χ1v) is 20.6. The van der Waals surface area contributed by atoms with Gasteiger partial charge in [-0.1, -0.05) is 104 Å². The van der Waals surface area contributed by atoms with Crippen LogP contribution in [0.4, 0.5) is 0 Å². The van der Waals surface area contributed by atoms with Gasteiger partial charge in [-0.3, -0.25) is 24.2 Å². The summed E-state index contributed by atoms with van der Waals surface area (Å²) in [5.74, 6) is -1.96. The number of esters is 1. The van der Waals surface area contributed by atoms with Crippen LogP contribution in [-0.2, 0) is 49.8 Å². The van der Waals surface area contributed by atoms with Gasteiger partial charge in [0, 0.05) is 45.6 Å². The molecule has 14 heteroatoms. The van der Waals surface area contributed by atoms with Gasteiger partial charge in [0.2, 0.25) is 17.7 Å². The third-order valence-electron chi connectivity index (χ3n) is 10.5. The lowest BCUT2D eigenvalue weighted by molar-refractivity contribution is -0.157. The highest BCUT2D eigenvalue weighted by atomic mass is 16.5. The summed E-state index contributed by atoms with van der Waals surface area (Å²) >= 11 is 0. The molecule has 0 spiro atoms. The Bertz CT molecular complexity index is 2500. The Balaban J connectivity index is 1.47.